The van der Waals surface area contributed by atoms with Crippen molar-refractivity contribution in [3.63, 3.8) is 0 Å². The molecule has 12 rings (SSSR count). The topological polar surface area (TPSA) is 113 Å². The van der Waals surface area contributed by atoms with E-state index in [4.69, 9.17) is 0 Å². The second-order valence-electron chi connectivity index (χ2n) is 16.2. The molecule has 71 heavy (non-hydrogen) atoms. The van der Waals surface area contributed by atoms with Gasteiger partial charge in [0.15, 0.2) is 46.6 Å². The smallest absolute Gasteiger partial charge is 0.307 e. The largest absolute Gasteiger partial charge is 0.417 e. The molecular weight excluding hydrogens is 929 g/mol. The Hall–Kier alpha value is -9.32. The van der Waals surface area contributed by atoms with Crippen LogP contribution >= 0.6 is 0 Å². The van der Waals surface area contributed by atoms with Crippen molar-refractivity contribution < 1.29 is 35.1 Å². The summed E-state index contributed by atoms with van der Waals surface area (Å²) in [7, 11) is 0. The van der Waals surface area contributed by atoms with Crippen LogP contribution < -0.4 is 0 Å². The maximum atomic E-state index is 16.2. The highest BCUT2D eigenvalue weighted by Gasteiger charge is 2.39. The van der Waals surface area contributed by atoms with E-state index in [1.54, 1.807) is 106 Å². The van der Waals surface area contributed by atoms with E-state index in [-0.39, 0.29) is 34.7 Å². The number of halogens is 8. The zero-order valence-corrected chi connectivity index (χ0v) is 36.0. The highest BCUT2D eigenvalue weighted by molar-refractivity contribution is 6.13. The highest BCUT2D eigenvalue weighted by Crippen LogP contribution is 2.48. The molecule has 0 bridgehead atoms. The van der Waals surface area contributed by atoms with E-state index in [0.717, 1.165) is 6.07 Å². The molecule has 0 spiro atoms. The summed E-state index contributed by atoms with van der Waals surface area (Å²) in [5, 5.41) is 2.21. The molecule has 0 unspecified atom stereocenters. The molecule has 0 saturated heterocycles. The zero-order valence-electron chi connectivity index (χ0n) is 36.0. The van der Waals surface area contributed by atoms with E-state index < -0.39 is 52.0 Å². The van der Waals surface area contributed by atoms with E-state index in [2.05, 4.69) is 39.9 Å². The first-order valence-corrected chi connectivity index (χ1v) is 21.5. The van der Waals surface area contributed by atoms with E-state index in [1.807, 2.05) is 0 Å². The van der Waals surface area contributed by atoms with Crippen LogP contribution in [0.5, 0.6) is 0 Å². The minimum absolute atomic E-state index is 0.185. The maximum absolute atomic E-state index is 16.2. The van der Waals surface area contributed by atoms with Gasteiger partial charge in [0.25, 0.3) is 0 Å². The summed E-state index contributed by atoms with van der Waals surface area (Å²) in [6.07, 6.45) is 6.79. The number of fused-ring (bicyclic) bond motifs is 6. The lowest BCUT2D eigenvalue weighted by Crippen LogP contribution is -2.14. The summed E-state index contributed by atoms with van der Waals surface area (Å²) in [5.41, 5.74) is -2.04. The third-order valence-corrected chi connectivity index (χ3v) is 12.2. The maximum Gasteiger partial charge on any atom is 0.417 e. The fourth-order valence-corrected chi connectivity index (χ4v) is 9.12. The van der Waals surface area contributed by atoms with Gasteiger partial charge in [0, 0.05) is 98.9 Å². The normalized spacial score (nSPS) is 11.9. The Kier molecular flexibility index (Phi) is 9.95. The molecule has 344 valence electrons. The Bertz CT molecular complexity index is 3870. The third-order valence-electron chi connectivity index (χ3n) is 12.2. The minimum Gasteiger partial charge on any atom is -0.307 e. The number of hydrogen-bond acceptors (Lipinski definition) is 8. The van der Waals surface area contributed by atoms with Crippen molar-refractivity contribution in [2.24, 2.45) is 0 Å². The second-order valence-corrected chi connectivity index (χ2v) is 16.2. The molecule has 0 aliphatic rings. The molecule has 0 fully saturated rings. The van der Waals surface area contributed by atoms with Crippen molar-refractivity contribution in [2.75, 3.05) is 0 Å². The summed E-state index contributed by atoms with van der Waals surface area (Å²) in [4.78, 5) is 35.4. The van der Waals surface area contributed by atoms with Crippen LogP contribution in [0.2, 0.25) is 0 Å². The molecule has 0 aliphatic carbocycles. The van der Waals surface area contributed by atoms with Crippen molar-refractivity contribution in [2.45, 2.75) is 6.18 Å². The first kappa shape index (κ1) is 43.0. The Morgan fingerprint density at radius 1 is 0.338 bits per heavy atom. The quantitative estimate of drug-likeness (QED) is 0.0882. The van der Waals surface area contributed by atoms with Gasteiger partial charge >= 0.3 is 6.18 Å². The van der Waals surface area contributed by atoms with Gasteiger partial charge in [-0.1, -0.05) is 48.5 Å². The van der Waals surface area contributed by atoms with Crippen molar-refractivity contribution in [3.05, 3.63) is 193 Å². The number of nitrogens with zero attached hydrogens (tertiary/aromatic N) is 10. The first-order valence-electron chi connectivity index (χ1n) is 21.5. The predicted molar refractivity (Wildman–Crippen MR) is 249 cm³/mol. The summed E-state index contributed by atoms with van der Waals surface area (Å²) >= 11 is 0. The zero-order chi connectivity index (χ0) is 48.7. The van der Waals surface area contributed by atoms with Crippen molar-refractivity contribution in [3.8, 4) is 68.1 Å². The van der Waals surface area contributed by atoms with Gasteiger partial charge in [-0.3, -0.25) is 0 Å². The van der Waals surface area contributed by atoms with E-state index >= 15 is 30.7 Å². The van der Waals surface area contributed by atoms with Gasteiger partial charge in [-0.05, 0) is 60.7 Å². The van der Waals surface area contributed by atoms with Gasteiger partial charge in [-0.15, -0.1) is 0 Å². The van der Waals surface area contributed by atoms with Crippen molar-refractivity contribution in [1.29, 1.82) is 0 Å². The number of benzene rings is 6. The fraction of sp³-hybridized carbons (Fsp3) is 0.0189. The van der Waals surface area contributed by atoms with Crippen molar-refractivity contribution in [1.82, 2.24) is 49.0 Å². The van der Waals surface area contributed by atoms with Gasteiger partial charge < -0.3 is 9.13 Å². The molecular formula is C53H26F8N10. The Balaban J connectivity index is 1.30. The van der Waals surface area contributed by atoms with Gasteiger partial charge in [0.05, 0.1) is 44.6 Å². The Morgan fingerprint density at radius 2 is 0.620 bits per heavy atom. The van der Waals surface area contributed by atoms with Gasteiger partial charge in [0.1, 0.15) is 0 Å². The Labute approximate surface area is 394 Å². The molecule has 12 aromatic rings. The molecule has 6 aromatic carbocycles. The summed E-state index contributed by atoms with van der Waals surface area (Å²) in [6, 6.07) is 28.9. The van der Waals surface area contributed by atoms with Crippen molar-refractivity contribution >= 4 is 43.6 Å². The van der Waals surface area contributed by atoms with Crippen LogP contribution in [0.1, 0.15) is 5.56 Å². The van der Waals surface area contributed by atoms with Crippen LogP contribution in [0.25, 0.3) is 112 Å². The predicted octanol–water partition coefficient (Wildman–Crippen LogP) is 13.1. The third kappa shape index (κ3) is 7.01. The number of alkyl halides is 3. The number of rotatable bonds is 7. The highest BCUT2D eigenvalue weighted by atomic mass is 19.4. The monoisotopic (exact) mass is 954 g/mol. The molecule has 10 nitrogen and oxygen atoms in total. The van der Waals surface area contributed by atoms with Gasteiger partial charge in [0.2, 0.25) is 5.82 Å². The number of hydrogen-bond donors (Lipinski definition) is 0. The van der Waals surface area contributed by atoms with Crippen LogP contribution in [-0.4, -0.2) is 49.0 Å². The number of aromatic nitrogens is 10. The van der Waals surface area contributed by atoms with Crippen LogP contribution in [0.3, 0.4) is 0 Å². The molecule has 6 heterocycles. The van der Waals surface area contributed by atoms with Gasteiger partial charge in [-0.2, -0.15) is 13.2 Å². The van der Waals surface area contributed by atoms with E-state index in [1.165, 1.54) is 49.6 Å². The Morgan fingerprint density at radius 3 is 0.915 bits per heavy atom. The lowest BCUT2D eigenvalue weighted by molar-refractivity contribution is -0.137. The molecule has 18 heteroatoms. The second kappa shape index (κ2) is 16.4. The van der Waals surface area contributed by atoms with Crippen LogP contribution in [-0.2, 0) is 6.18 Å². The first-order chi connectivity index (χ1) is 34.4. The summed E-state index contributed by atoms with van der Waals surface area (Å²) in [5.74, 6) is -11.2. The molecule has 0 amide bonds. The molecule has 0 N–H and O–H groups in total. The summed E-state index contributed by atoms with van der Waals surface area (Å²) in [6.45, 7) is 0. The lowest BCUT2D eigenvalue weighted by atomic mass is 9.95. The minimum atomic E-state index is -5.47. The van der Waals surface area contributed by atoms with E-state index in [0.29, 0.717) is 71.9 Å². The molecule has 0 aliphatic heterocycles. The van der Waals surface area contributed by atoms with Crippen LogP contribution in [0.4, 0.5) is 35.1 Å². The molecule has 6 aromatic heterocycles. The van der Waals surface area contributed by atoms with Crippen LogP contribution in [0, 0.1) is 29.1 Å². The lowest BCUT2D eigenvalue weighted by Gasteiger charge is -2.23. The average Bonchev–Trinajstić information content (AvgIpc) is 3.91. The van der Waals surface area contributed by atoms with Crippen LogP contribution in [0.15, 0.2) is 159 Å². The standard InChI is InChI=1S/C53H26F8N10/c54-44-43(45(55)47(57)48(58)46(44)56)35-25-41(70-37-21-27(49-62-13-1-14-63-49)5-9-31(37)32-10-6-28(22-38(32)70)50-64-15-2-16-65-50)42(26-36(35)53(59,60)61)71-39-23-29(51-66-17-3-18-67-51)7-11-33(39)34-12-8-30(24-40(34)71)52-68-19-4-20-69-52/h1-26H. The molecule has 0 saturated carbocycles. The summed E-state index contributed by atoms with van der Waals surface area (Å²) < 4.78 is 129. The van der Waals surface area contributed by atoms with E-state index in [9.17, 15) is 4.39 Å². The SMILES string of the molecule is Fc1c(F)c(F)c(-c2cc(-n3c4cc(-c5ncccn5)ccc4c4ccc(-c5ncccn5)cc43)c(-n3c4cc(-c5ncccn5)ccc4c4ccc(-c5ncccn5)cc43)cc2C(F)(F)F)c(F)c1F. The fourth-order valence-electron chi connectivity index (χ4n) is 9.12. The average molecular weight is 955 g/mol. The molecule has 0 atom stereocenters. The molecule has 0 radical (unpaired) electrons. The van der Waals surface area contributed by atoms with Gasteiger partial charge in [-0.25, -0.2) is 61.8 Å².